The first kappa shape index (κ1) is 14.4. The molecule has 1 aromatic rings. The molecule has 114 valence electrons. The molecule has 1 aromatic carbocycles. The summed E-state index contributed by atoms with van der Waals surface area (Å²) in [6, 6.07) is 7.47. The van der Waals surface area contributed by atoms with Gasteiger partial charge in [0.05, 0.1) is 18.8 Å². The topological polar surface area (TPSA) is 38.8 Å². The third-order valence-corrected chi connectivity index (χ3v) is 4.39. The molecule has 2 aliphatic heterocycles. The number of carbonyl (C=O) groups excluding carboxylic acids is 1. The van der Waals surface area contributed by atoms with Crippen LogP contribution in [0.5, 0.6) is 5.75 Å². The third kappa shape index (κ3) is 3.05. The molecule has 2 saturated heterocycles. The normalized spacial score (nSPS) is 28.3. The van der Waals surface area contributed by atoms with Crippen LogP contribution in [0.4, 0.5) is 0 Å². The van der Waals surface area contributed by atoms with E-state index in [1.54, 1.807) is 0 Å². The minimum absolute atomic E-state index is 0.106. The number of rotatable bonds is 3. The number of piperidine rings is 1. The van der Waals surface area contributed by atoms with Gasteiger partial charge < -0.3 is 14.4 Å². The van der Waals surface area contributed by atoms with Crippen molar-refractivity contribution in [3.8, 4) is 5.75 Å². The van der Waals surface area contributed by atoms with Gasteiger partial charge in [0.2, 0.25) is 0 Å². The summed E-state index contributed by atoms with van der Waals surface area (Å²) in [7, 11) is 0. The quantitative estimate of drug-likeness (QED) is 0.859. The predicted molar refractivity (Wildman–Crippen MR) is 80.6 cm³/mol. The molecular formula is C17H23NO3. The Hall–Kier alpha value is -1.55. The molecular weight excluding hydrogens is 266 g/mol. The van der Waals surface area contributed by atoms with Crippen molar-refractivity contribution >= 4 is 5.91 Å². The Morgan fingerprint density at radius 3 is 3.14 bits per heavy atom. The van der Waals surface area contributed by atoms with Crippen molar-refractivity contribution in [2.75, 3.05) is 19.7 Å². The summed E-state index contributed by atoms with van der Waals surface area (Å²) < 4.78 is 11.4. The van der Waals surface area contributed by atoms with Crippen LogP contribution in [0.3, 0.4) is 0 Å². The third-order valence-electron chi connectivity index (χ3n) is 4.39. The second kappa shape index (κ2) is 6.06. The number of ether oxygens (including phenoxy) is 2. The molecule has 3 rings (SSSR count). The molecule has 0 aliphatic carbocycles. The largest absolute Gasteiger partial charge is 0.494 e. The lowest BCUT2D eigenvalue weighted by molar-refractivity contribution is 0.00864. The van der Waals surface area contributed by atoms with Crippen LogP contribution in [-0.4, -0.2) is 42.7 Å². The summed E-state index contributed by atoms with van der Waals surface area (Å²) in [5.41, 5.74) is 0.714. The van der Waals surface area contributed by atoms with Gasteiger partial charge in [-0.05, 0) is 44.9 Å². The standard InChI is InChI=1S/C17H23NO3/c1-3-20-15-6-4-5-13(10-15)17(19)18-8-7-16-14(11-18)9-12(2)21-16/h4-6,10,12,14,16H,3,7-9,11H2,1-2H3/t12-,14-,16+/m0/s1. The van der Waals surface area contributed by atoms with Crippen molar-refractivity contribution in [1.29, 1.82) is 0 Å². The molecule has 0 saturated carbocycles. The number of carbonyl (C=O) groups is 1. The fraction of sp³-hybridized carbons (Fsp3) is 0.588. The van der Waals surface area contributed by atoms with Gasteiger partial charge in [-0.15, -0.1) is 0 Å². The molecule has 3 atom stereocenters. The molecule has 0 radical (unpaired) electrons. The number of fused-ring (bicyclic) bond motifs is 1. The molecule has 2 fully saturated rings. The van der Waals surface area contributed by atoms with E-state index >= 15 is 0 Å². The molecule has 1 amide bonds. The van der Waals surface area contributed by atoms with Crippen LogP contribution < -0.4 is 4.74 Å². The summed E-state index contributed by atoms with van der Waals surface area (Å²) in [5.74, 6) is 1.36. The Balaban J connectivity index is 1.69. The van der Waals surface area contributed by atoms with E-state index in [-0.39, 0.29) is 5.91 Å². The maximum atomic E-state index is 12.7. The van der Waals surface area contributed by atoms with E-state index in [0.717, 1.165) is 31.7 Å². The van der Waals surface area contributed by atoms with E-state index < -0.39 is 0 Å². The van der Waals surface area contributed by atoms with Gasteiger partial charge in [-0.3, -0.25) is 4.79 Å². The lowest BCUT2D eigenvalue weighted by atomic mass is 9.92. The number of nitrogens with zero attached hydrogens (tertiary/aromatic N) is 1. The summed E-state index contributed by atoms with van der Waals surface area (Å²) in [5, 5.41) is 0. The fourth-order valence-corrected chi connectivity index (χ4v) is 3.45. The lowest BCUT2D eigenvalue weighted by Crippen LogP contribution is -2.44. The van der Waals surface area contributed by atoms with Gasteiger partial charge in [0.1, 0.15) is 5.75 Å². The highest BCUT2D eigenvalue weighted by Crippen LogP contribution is 2.33. The highest BCUT2D eigenvalue weighted by molar-refractivity contribution is 5.94. The average molecular weight is 289 g/mol. The number of amides is 1. The second-order valence-electron chi connectivity index (χ2n) is 5.98. The number of benzene rings is 1. The Bertz CT molecular complexity index is 517. The molecule has 4 heteroatoms. The van der Waals surface area contributed by atoms with Crippen molar-refractivity contribution in [3.63, 3.8) is 0 Å². The van der Waals surface area contributed by atoms with Gasteiger partial charge >= 0.3 is 0 Å². The predicted octanol–water partition coefficient (Wildman–Crippen LogP) is 2.72. The molecule has 0 unspecified atom stereocenters. The van der Waals surface area contributed by atoms with Crippen LogP contribution in [-0.2, 0) is 4.74 Å². The smallest absolute Gasteiger partial charge is 0.254 e. The summed E-state index contributed by atoms with van der Waals surface area (Å²) in [6.45, 7) is 6.27. The lowest BCUT2D eigenvalue weighted by Gasteiger charge is -2.34. The van der Waals surface area contributed by atoms with E-state index in [9.17, 15) is 4.79 Å². The monoisotopic (exact) mass is 289 g/mol. The Morgan fingerprint density at radius 2 is 2.33 bits per heavy atom. The van der Waals surface area contributed by atoms with Gasteiger partial charge in [-0.1, -0.05) is 6.07 Å². The van der Waals surface area contributed by atoms with Crippen LogP contribution in [0.2, 0.25) is 0 Å². The number of hydrogen-bond acceptors (Lipinski definition) is 3. The van der Waals surface area contributed by atoms with Crippen molar-refractivity contribution in [1.82, 2.24) is 4.90 Å². The minimum Gasteiger partial charge on any atom is -0.494 e. The van der Waals surface area contributed by atoms with Crippen molar-refractivity contribution in [2.45, 2.75) is 38.9 Å². The molecule has 0 N–H and O–H groups in total. The van der Waals surface area contributed by atoms with E-state index in [4.69, 9.17) is 9.47 Å². The zero-order valence-electron chi connectivity index (χ0n) is 12.7. The van der Waals surface area contributed by atoms with Crippen LogP contribution in [0.25, 0.3) is 0 Å². The molecule has 2 heterocycles. The molecule has 0 spiro atoms. The van der Waals surface area contributed by atoms with Crippen molar-refractivity contribution in [2.24, 2.45) is 5.92 Å². The van der Waals surface area contributed by atoms with Gasteiger partial charge in [-0.2, -0.15) is 0 Å². The Morgan fingerprint density at radius 1 is 1.48 bits per heavy atom. The van der Waals surface area contributed by atoms with Crippen LogP contribution in [0.1, 0.15) is 37.0 Å². The van der Waals surface area contributed by atoms with E-state index in [0.29, 0.717) is 30.3 Å². The summed E-state index contributed by atoms with van der Waals surface area (Å²) in [6.07, 6.45) is 2.69. The first-order chi connectivity index (χ1) is 10.2. The van der Waals surface area contributed by atoms with E-state index in [1.165, 1.54) is 0 Å². The maximum Gasteiger partial charge on any atom is 0.254 e. The average Bonchev–Trinajstić information content (AvgIpc) is 2.86. The van der Waals surface area contributed by atoms with Crippen molar-refractivity contribution < 1.29 is 14.3 Å². The number of hydrogen-bond donors (Lipinski definition) is 0. The fourth-order valence-electron chi connectivity index (χ4n) is 3.45. The molecule has 21 heavy (non-hydrogen) atoms. The summed E-state index contributed by atoms with van der Waals surface area (Å²) >= 11 is 0. The molecule has 2 aliphatic rings. The first-order valence-corrected chi connectivity index (χ1v) is 7.85. The molecule has 0 bridgehead atoms. The van der Waals surface area contributed by atoms with E-state index in [1.807, 2.05) is 36.1 Å². The molecule has 4 nitrogen and oxygen atoms in total. The van der Waals surface area contributed by atoms with E-state index in [2.05, 4.69) is 6.92 Å². The van der Waals surface area contributed by atoms with Crippen LogP contribution in [0, 0.1) is 5.92 Å². The summed E-state index contributed by atoms with van der Waals surface area (Å²) in [4.78, 5) is 14.6. The van der Waals surface area contributed by atoms with Crippen LogP contribution >= 0.6 is 0 Å². The maximum absolute atomic E-state index is 12.7. The Labute approximate surface area is 126 Å². The zero-order valence-corrected chi connectivity index (χ0v) is 12.7. The first-order valence-electron chi connectivity index (χ1n) is 7.85. The van der Waals surface area contributed by atoms with Gasteiger partial charge in [0.25, 0.3) is 5.91 Å². The molecule has 0 aromatic heterocycles. The SMILES string of the molecule is CCOc1cccc(C(=O)N2CC[C@H]3O[C@@H](C)C[C@H]3C2)c1. The van der Waals surface area contributed by atoms with Gasteiger partial charge in [-0.25, -0.2) is 0 Å². The highest BCUT2D eigenvalue weighted by atomic mass is 16.5. The highest BCUT2D eigenvalue weighted by Gasteiger charge is 2.38. The van der Waals surface area contributed by atoms with Gasteiger partial charge in [0, 0.05) is 24.6 Å². The van der Waals surface area contributed by atoms with Crippen molar-refractivity contribution in [3.05, 3.63) is 29.8 Å². The van der Waals surface area contributed by atoms with Gasteiger partial charge in [0.15, 0.2) is 0 Å². The van der Waals surface area contributed by atoms with Crippen LogP contribution in [0.15, 0.2) is 24.3 Å². The number of likely N-dealkylation sites (tertiary alicyclic amines) is 1. The zero-order chi connectivity index (χ0) is 14.8. The second-order valence-corrected chi connectivity index (χ2v) is 5.98. The minimum atomic E-state index is 0.106. The Kier molecular flexibility index (Phi) is 4.15.